The van der Waals surface area contributed by atoms with Crippen LogP contribution in [0.3, 0.4) is 0 Å². The molecule has 2 aliphatic carbocycles. The van der Waals surface area contributed by atoms with E-state index in [0.29, 0.717) is 13.0 Å². The molecule has 0 unspecified atom stereocenters. The van der Waals surface area contributed by atoms with Crippen molar-refractivity contribution >= 4 is 5.97 Å². The second kappa shape index (κ2) is 6.04. The van der Waals surface area contributed by atoms with Crippen LogP contribution in [0.15, 0.2) is 36.0 Å². The van der Waals surface area contributed by atoms with Crippen LogP contribution in [0.5, 0.6) is 0 Å². The van der Waals surface area contributed by atoms with Gasteiger partial charge in [0, 0.05) is 23.3 Å². The molecule has 0 amide bonds. The lowest BCUT2D eigenvalue weighted by Gasteiger charge is -2.57. The molecule has 0 aromatic carbocycles. The van der Waals surface area contributed by atoms with E-state index >= 15 is 0 Å². The number of allylic oxidation sites excluding steroid dienone is 3. The summed E-state index contributed by atoms with van der Waals surface area (Å²) < 4.78 is 23.9. The Kier molecular flexibility index (Phi) is 4.01. The Hall–Kier alpha value is -1.43. The van der Waals surface area contributed by atoms with E-state index in [1.807, 2.05) is 19.1 Å². The zero-order valence-electron chi connectivity index (χ0n) is 17.1. The fraction of sp³-hybridized carbons (Fsp3) is 0.696. The molecular formula is C23H30O5. The average molecular weight is 386 g/mol. The molecule has 28 heavy (non-hydrogen) atoms. The molecule has 1 saturated carbocycles. The van der Waals surface area contributed by atoms with Gasteiger partial charge in [-0.2, -0.15) is 0 Å². The fourth-order valence-electron chi connectivity index (χ4n) is 5.91. The Balaban J connectivity index is 1.35. The van der Waals surface area contributed by atoms with Gasteiger partial charge in [-0.25, -0.2) is 4.79 Å². The van der Waals surface area contributed by atoms with E-state index in [9.17, 15) is 4.79 Å². The molecule has 5 aliphatic rings. The smallest absolute Gasteiger partial charge is 0.331 e. The number of esters is 1. The van der Waals surface area contributed by atoms with Crippen LogP contribution in [0.4, 0.5) is 0 Å². The SMILES string of the molecule is CC1=C[C@H]2O[C@@H]3C[C@@H](OC(=O)/C=C/C=C/[C@H]4O[C@@H]4C)[C@](C)([C@@]2(C)CC1)[C@]31CO1. The molecule has 0 aromatic heterocycles. The van der Waals surface area contributed by atoms with Crippen molar-refractivity contribution < 1.29 is 23.7 Å². The van der Waals surface area contributed by atoms with Gasteiger partial charge in [0.2, 0.25) is 0 Å². The molecule has 2 bridgehead atoms. The highest BCUT2D eigenvalue weighted by molar-refractivity contribution is 5.82. The van der Waals surface area contributed by atoms with Crippen molar-refractivity contribution in [3.05, 3.63) is 36.0 Å². The molecule has 8 atom stereocenters. The van der Waals surface area contributed by atoms with Gasteiger partial charge in [-0.3, -0.25) is 0 Å². The standard InChI is InChI=1S/C23H30O5/c1-14-9-10-21(3)17(11-14)27-19-12-18(22(21,4)23(19)13-25-23)28-20(24)8-6-5-7-16-15(2)26-16/h5-8,11,15-19H,9-10,12-13H2,1-4H3/b7-5+,8-6+/t15-,16-,17-,18-,19-,21+,22-,23+/m1/s1. The predicted octanol–water partition coefficient (Wildman–Crippen LogP) is 3.49. The summed E-state index contributed by atoms with van der Waals surface area (Å²) in [5, 5.41) is 0. The molecule has 1 spiro atoms. The normalized spacial score (nSPS) is 51.4. The molecule has 3 saturated heterocycles. The number of ether oxygens (including phenoxy) is 4. The maximum atomic E-state index is 12.5. The first-order valence-electron chi connectivity index (χ1n) is 10.5. The summed E-state index contributed by atoms with van der Waals surface area (Å²) >= 11 is 0. The molecule has 0 radical (unpaired) electrons. The van der Waals surface area contributed by atoms with Gasteiger partial charge in [0.25, 0.3) is 0 Å². The maximum absolute atomic E-state index is 12.5. The van der Waals surface area contributed by atoms with Crippen molar-refractivity contribution in [1.29, 1.82) is 0 Å². The third-order valence-corrected chi connectivity index (χ3v) is 8.19. The van der Waals surface area contributed by atoms with Gasteiger partial charge in [-0.05, 0) is 26.7 Å². The van der Waals surface area contributed by atoms with Crippen molar-refractivity contribution in [2.24, 2.45) is 10.8 Å². The summed E-state index contributed by atoms with van der Waals surface area (Å²) in [4.78, 5) is 12.5. The van der Waals surface area contributed by atoms with Crippen LogP contribution in [0.25, 0.3) is 0 Å². The Morgan fingerprint density at radius 3 is 2.71 bits per heavy atom. The summed E-state index contributed by atoms with van der Waals surface area (Å²) in [5.41, 5.74) is 0.729. The largest absolute Gasteiger partial charge is 0.458 e. The van der Waals surface area contributed by atoms with E-state index in [-0.39, 0.29) is 52.9 Å². The molecule has 5 rings (SSSR count). The molecular weight excluding hydrogens is 356 g/mol. The third kappa shape index (κ3) is 2.45. The minimum Gasteiger partial charge on any atom is -0.458 e. The highest BCUT2D eigenvalue weighted by Gasteiger charge is 2.81. The Labute approximate surface area is 166 Å². The van der Waals surface area contributed by atoms with Crippen LogP contribution >= 0.6 is 0 Å². The van der Waals surface area contributed by atoms with Crippen molar-refractivity contribution in [3.8, 4) is 0 Å². The van der Waals surface area contributed by atoms with E-state index in [1.165, 1.54) is 11.6 Å². The summed E-state index contributed by atoms with van der Waals surface area (Å²) in [6.45, 7) is 9.46. The molecule has 3 aliphatic heterocycles. The molecule has 3 heterocycles. The van der Waals surface area contributed by atoms with E-state index in [0.717, 1.165) is 12.8 Å². The number of carbonyl (C=O) groups excluding carboxylic acids is 1. The van der Waals surface area contributed by atoms with Crippen LogP contribution in [0, 0.1) is 10.8 Å². The molecule has 5 nitrogen and oxygen atoms in total. The highest BCUT2D eigenvalue weighted by Crippen LogP contribution is 2.71. The van der Waals surface area contributed by atoms with Crippen molar-refractivity contribution in [2.45, 2.75) is 83.1 Å². The topological polar surface area (TPSA) is 60.6 Å². The minimum absolute atomic E-state index is 0.00657. The fourth-order valence-corrected chi connectivity index (χ4v) is 5.91. The van der Waals surface area contributed by atoms with Gasteiger partial charge in [-0.15, -0.1) is 0 Å². The quantitative estimate of drug-likeness (QED) is 0.243. The molecule has 0 aromatic rings. The number of epoxide rings is 2. The zero-order chi connectivity index (χ0) is 19.7. The number of rotatable bonds is 4. The number of fused-ring (bicyclic) bond motifs is 2. The van der Waals surface area contributed by atoms with Gasteiger partial charge in [0.15, 0.2) is 0 Å². The second-order valence-electron chi connectivity index (χ2n) is 9.57. The molecule has 152 valence electrons. The van der Waals surface area contributed by atoms with Crippen molar-refractivity contribution in [1.82, 2.24) is 0 Å². The van der Waals surface area contributed by atoms with Gasteiger partial charge < -0.3 is 18.9 Å². The number of hydrogen-bond acceptors (Lipinski definition) is 5. The first-order chi connectivity index (χ1) is 13.3. The maximum Gasteiger partial charge on any atom is 0.331 e. The highest BCUT2D eigenvalue weighted by atomic mass is 16.6. The first-order valence-corrected chi connectivity index (χ1v) is 10.5. The Morgan fingerprint density at radius 2 is 2.04 bits per heavy atom. The minimum atomic E-state index is -0.300. The summed E-state index contributed by atoms with van der Waals surface area (Å²) in [6.07, 6.45) is 12.4. The Bertz CT molecular complexity index is 778. The molecule has 0 N–H and O–H groups in total. The monoisotopic (exact) mass is 386 g/mol. The summed E-state index contributed by atoms with van der Waals surface area (Å²) in [5.74, 6) is -0.299. The van der Waals surface area contributed by atoms with Crippen LogP contribution in [0.1, 0.15) is 47.0 Å². The van der Waals surface area contributed by atoms with Gasteiger partial charge in [-0.1, -0.05) is 43.7 Å². The first kappa shape index (κ1) is 18.6. The van der Waals surface area contributed by atoms with Crippen LogP contribution in [-0.2, 0) is 23.7 Å². The summed E-state index contributed by atoms with van der Waals surface area (Å²) in [7, 11) is 0. The van der Waals surface area contributed by atoms with E-state index < -0.39 is 0 Å². The van der Waals surface area contributed by atoms with Crippen molar-refractivity contribution in [3.63, 3.8) is 0 Å². The second-order valence-corrected chi connectivity index (χ2v) is 9.57. The van der Waals surface area contributed by atoms with Gasteiger partial charge in [0.05, 0.1) is 24.9 Å². The average Bonchev–Trinajstić information content (AvgIpc) is 3.55. The predicted molar refractivity (Wildman–Crippen MR) is 104 cm³/mol. The lowest BCUT2D eigenvalue weighted by Crippen LogP contribution is -2.63. The number of carbonyl (C=O) groups is 1. The van der Waals surface area contributed by atoms with Gasteiger partial charge >= 0.3 is 5.97 Å². The lowest BCUT2D eigenvalue weighted by molar-refractivity contribution is -0.209. The van der Waals surface area contributed by atoms with Crippen LogP contribution in [-0.4, -0.2) is 48.7 Å². The third-order valence-electron chi connectivity index (χ3n) is 8.19. The van der Waals surface area contributed by atoms with E-state index in [4.69, 9.17) is 18.9 Å². The van der Waals surface area contributed by atoms with E-state index in [2.05, 4.69) is 26.8 Å². The summed E-state index contributed by atoms with van der Waals surface area (Å²) in [6, 6.07) is 0. The van der Waals surface area contributed by atoms with E-state index in [1.54, 1.807) is 6.08 Å². The van der Waals surface area contributed by atoms with Gasteiger partial charge in [0.1, 0.15) is 17.8 Å². The lowest BCUT2D eigenvalue weighted by atomic mass is 9.52. The zero-order valence-corrected chi connectivity index (χ0v) is 17.1. The van der Waals surface area contributed by atoms with Crippen LogP contribution < -0.4 is 0 Å². The number of hydrogen-bond donors (Lipinski definition) is 0. The molecule has 4 fully saturated rings. The Morgan fingerprint density at radius 1 is 1.29 bits per heavy atom. The molecule has 5 heteroatoms. The van der Waals surface area contributed by atoms with Crippen LogP contribution in [0.2, 0.25) is 0 Å². The van der Waals surface area contributed by atoms with Crippen molar-refractivity contribution in [2.75, 3.05) is 6.61 Å².